The molecule has 0 aromatic heterocycles. The molecule has 9 heteroatoms. The molecule has 0 spiro atoms. The molecule has 2 aromatic carbocycles. The van der Waals surface area contributed by atoms with Crippen LogP contribution in [0.5, 0.6) is 11.5 Å². The Morgan fingerprint density at radius 2 is 1.79 bits per heavy atom. The summed E-state index contributed by atoms with van der Waals surface area (Å²) in [6, 6.07) is 9.16. The van der Waals surface area contributed by atoms with E-state index in [1.807, 2.05) is 0 Å². The molecule has 28 heavy (non-hydrogen) atoms. The van der Waals surface area contributed by atoms with Gasteiger partial charge in [0.2, 0.25) is 10.0 Å². The van der Waals surface area contributed by atoms with Crippen molar-refractivity contribution in [2.24, 2.45) is 0 Å². The van der Waals surface area contributed by atoms with Gasteiger partial charge in [-0.2, -0.15) is 0 Å². The fourth-order valence-electron chi connectivity index (χ4n) is 2.85. The third-order valence-corrected chi connectivity index (χ3v) is 6.43. The van der Waals surface area contributed by atoms with Crippen LogP contribution >= 0.6 is 11.6 Å². The highest BCUT2D eigenvalue weighted by molar-refractivity contribution is 7.89. The Hall–Kier alpha value is -2.29. The van der Waals surface area contributed by atoms with E-state index < -0.39 is 21.5 Å². The normalized spacial score (nSPS) is 13.9. The van der Waals surface area contributed by atoms with Crippen molar-refractivity contribution >= 4 is 27.6 Å². The predicted molar refractivity (Wildman–Crippen MR) is 104 cm³/mol. The molecule has 0 saturated heterocycles. The number of ether oxygens (including phenoxy) is 3. The van der Waals surface area contributed by atoms with Crippen LogP contribution in [0.15, 0.2) is 41.3 Å². The number of carbonyl (C=O) groups excluding carboxylic acids is 1. The minimum Gasteiger partial charge on any atom is -0.486 e. The zero-order valence-corrected chi connectivity index (χ0v) is 17.2. The Balaban J connectivity index is 1.90. The van der Waals surface area contributed by atoms with E-state index >= 15 is 0 Å². The molecule has 0 bridgehead atoms. The van der Waals surface area contributed by atoms with Crippen molar-refractivity contribution < 1.29 is 27.4 Å². The first kappa shape index (κ1) is 20.4. The summed E-state index contributed by atoms with van der Waals surface area (Å²) in [5, 5.41) is -0.0756. The predicted octanol–water partition coefficient (Wildman–Crippen LogP) is 3.11. The van der Waals surface area contributed by atoms with Gasteiger partial charge in [-0.05, 0) is 49.7 Å². The van der Waals surface area contributed by atoms with Crippen LogP contribution in [0.3, 0.4) is 0 Å². The van der Waals surface area contributed by atoms with Crippen molar-refractivity contribution in [3.05, 3.63) is 52.5 Å². The molecule has 0 radical (unpaired) electrons. The number of carbonyl (C=O) groups is 1. The lowest BCUT2D eigenvalue weighted by molar-refractivity contribution is 0.0600. The number of benzene rings is 2. The first-order chi connectivity index (χ1) is 13.1. The summed E-state index contributed by atoms with van der Waals surface area (Å²) >= 11 is 6.12. The van der Waals surface area contributed by atoms with Crippen LogP contribution in [0.4, 0.5) is 0 Å². The van der Waals surface area contributed by atoms with Gasteiger partial charge in [0.25, 0.3) is 0 Å². The number of sulfonamides is 1. The van der Waals surface area contributed by atoms with Gasteiger partial charge in [0.15, 0.2) is 11.5 Å². The van der Waals surface area contributed by atoms with Gasteiger partial charge in [0.05, 0.1) is 23.2 Å². The quantitative estimate of drug-likeness (QED) is 0.740. The summed E-state index contributed by atoms with van der Waals surface area (Å²) in [6.07, 6.45) is 0. The molecule has 1 aliphatic heterocycles. The van der Waals surface area contributed by atoms with Crippen LogP contribution in [0.25, 0.3) is 0 Å². The molecule has 0 fully saturated rings. The van der Waals surface area contributed by atoms with Crippen LogP contribution in [0, 0.1) is 0 Å². The minimum absolute atomic E-state index is 0.0756. The van der Waals surface area contributed by atoms with Crippen molar-refractivity contribution in [3.8, 4) is 11.5 Å². The molecule has 0 saturated carbocycles. The highest BCUT2D eigenvalue weighted by Crippen LogP contribution is 2.35. The van der Waals surface area contributed by atoms with Crippen LogP contribution in [0.2, 0.25) is 5.02 Å². The maximum absolute atomic E-state index is 12.9. The molecular formula is C19H20ClNO6S. The second-order valence-electron chi connectivity index (χ2n) is 6.73. The number of nitrogens with one attached hydrogen (secondary N) is 1. The third kappa shape index (κ3) is 4.09. The van der Waals surface area contributed by atoms with Gasteiger partial charge in [-0.15, -0.1) is 0 Å². The maximum Gasteiger partial charge on any atom is 0.337 e. The van der Waals surface area contributed by atoms with Crippen molar-refractivity contribution in [1.29, 1.82) is 0 Å². The van der Waals surface area contributed by atoms with Crippen molar-refractivity contribution in [2.75, 3.05) is 20.3 Å². The molecule has 150 valence electrons. The molecule has 0 amide bonds. The van der Waals surface area contributed by atoms with Gasteiger partial charge in [-0.25, -0.2) is 17.9 Å². The number of hydrogen-bond acceptors (Lipinski definition) is 6. The first-order valence-electron chi connectivity index (χ1n) is 8.46. The van der Waals surface area contributed by atoms with E-state index in [-0.39, 0.29) is 15.5 Å². The SMILES string of the molecule is COC(=O)c1ccc(S(=O)(=O)NC(C)(C)c2ccc3c(c2)OCCO3)c(Cl)c1. The lowest BCUT2D eigenvalue weighted by atomic mass is 9.95. The second kappa shape index (κ2) is 7.62. The molecule has 1 heterocycles. The Labute approximate surface area is 168 Å². The van der Waals surface area contributed by atoms with Gasteiger partial charge in [-0.1, -0.05) is 17.7 Å². The van der Waals surface area contributed by atoms with E-state index in [0.29, 0.717) is 30.3 Å². The van der Waals surface area contributed by atoms with E-state index in [9.17, 15) is 13.2 Å². The maximum atomic E-state index is 12.9. The average molecular weight is 426 g/mol. The minimum atomic E-state index is -3.97. The summed E-state index contributed by atoms with van der Waals surface area (Å²) in [7, 11) is -2.74. The van der Waals surface area contributed by atoms with Crippen LogP contribution < -0.4 is 14.2 Å². The lowest BCUT2D eigenvalue weighted by Gasteiger charge is -2.28. The van der Waals surface area contributed by atoms with E-state index in [0.717, 1.165) is 0 Å². The Kier molecular flexibility index (Phi) is 5.56. The van der Waals surface area contributed by atoms with E-state index in [1.165, 1.54) is 25.3 Å². The lowest BCUT2D eigenvalue weighted by Crippen LogP contribution is -2.41. The molecule has 1 aliphatic rings. The summed E-state index contributed by atoms with van der Waals surface area (Å²) < 4.78 is 44.2. The fraction of sp³-hybridized carbons (Fsp3) is 0.316. The van der Waals surface area contributed by atoms with E-state index in [2.05, 4.69) is 9.46 Å². The molecule has 0 atom stereocenters. The summed E-state index contributed by atoms with van der Waals surface area (Å²) in [5.41, 5.74) is -0.0980. The van der Waals surface area contributed by atoms with Crippen molar-refractivity contribution in [3.63, 3.8) is 0 Å². The third-order valence-electron chi connectivity index (χ3n) is 4.30. The van der Waals surface area contributed by atoms with E-state index in [1.54, 1.807) is 32.0 Å². The molecule has 0 unspecified atom stereocenters. The monoisotopic (exact) mass is 425 g/mol. The smallest absolute Gasteiger partial charge is 0.337 e. The molecule has 3 rings (SSSR count). The molecule has 2 aromatic rings. The van der Waals surface area contributed by atoms with E-state index in [4.69, 9.17) is 21.1 Å². The van der Waals surface area contributed by atoms with Crippen molar-refractivity contribution in [1.82, 2.24) is 4.72 Å². The van der Waals surface area contributed by atoms with Crippen molar-refractivity contribution in [2.45, 2.75) is 24.3 Å². The van der Waals surface area contributed by atoms with Crippen LogP contribution in [-0.4, -0.2) is 34.7 Å². The number of methoxy groups -OCH3 is 1. The van der Waals surface area contributed by atoms with Gasteiger partial charge in [0, 0.05) is 0 Å². The van der Waals surface area contributed by atoms with Gasteiger partial charge < -0.3 is 14.2 Å². The van der Waals surface area contributed by atoms with Crippen LogP contribution in [0.1, 0.15) is 29.8 Å². The summed E-state index contributed by atoms with van der Waals surface area (Å²) in [4.78, 5) is 11.5. The van der Waals surface area contributed by atoms with Gasteiger partial charge >= 0.3 is 5.97 Å². The van der Waals surface area contributed by atoms with Gasteiger partial charge in [-0.3, -0.25) is 0 Å². The highest BCUT2D eigenvalue weighted by Gasteiger charge is 2.31. The number of esters is 1. The molecule has 7 nitrogen and oxygen atoms in total. The molecule has 0 aliphatic carbocycles. The zero-order chi connectivity index (χ0) is 20.5. The number of fused-ring (bicyclic) bond motifs is 1. The highest BCUT2D eigenvalue weighted by atomic mass is 35.5. The summed E-state index contributed by atoms with van der Waals surface area (Å²) in [5.74, 6) is 0.585. The van der Waals surface area contributed by atoms with Crippen LogP contribution in [-0.2, 0) is 20.3 Å². The Bertz CT molecular complexity index is 1020. The molecule has 1 N–H and O–H groups in total. The summed E-state index contributed by atoms with van der Waals surface area (Å²) in [6.45, 7) is 4.37. The Morgan fingerprint density at radius 1 is 1.11 bits per heavy atom. The second-order valence-corrected chi connectivity index (χ2v) is 8.78. The topological polar surface area (TPSA) is 90.9 Å². The average Bonchev–Trinajstić information content (AvgIpc) is 2.65. The number of halogens is 1. The number of hydrogen-bond donors (Lipinski definition) is 1. The number of rotatable bonds is 5. The molecular weight excluding hydrogens is 406 g/mol. The fourth-order valence-corrected chi connectivity index (χ4v) is 4.79. The standard InChI is InChI=1S/C19H20ClNO6S/c1-19(2,13-5-6-15-16(11-13)27-9-8-26-15)21-28(23,24)17-7-4-12(10-14(17)20)18(22)25-3/h4-7,10-11,21H,8-9H2,1-3H3. The first-order valence-corrected chi connectivity index (χ1v) is 10.3. The Morgan fingerprint density at radius 3 is 2.43 bits per heavy atom. The zero-order valence-electron chi connectivity index (χ0n) is 15.6. The largest absolute Gasteiger partial charge is 0.486 e. The van der Waals surface area contributed by atoms with Gasteiger partial charge in [0.1, 0.15) is 18.1 Å².